The first kappa shape index (κ1) is 13.6. The van der Waals surface area contributed by atoms with Gasteiger partial charge < -0.3 is 11.1 Å². The minimum Gasteiger partial charge on any atom is -0.330 e. The van der Waals surface area contributed by atoms with Crippen LogP contribution >= 0.6 is 0 Å². The number of halogens is 1. The summed E-state index contributed by atoms with van der Waals surface area (Å²) in [6.07, 6.45) is 2.08. The highest BCUT2D eigenvalue weighted by Crippen LogP contribution is 2.14. The van der Waals surface area contributed by atoms with Crippen molar-refractivity contribution in [3.63, 3.8) is 0 Å². The third-order valence-corrected chi connectivity index (χ3v) is 2.84. The average molecular weight is 238 g/mol. The summed E-state index contributed by atoms with van der Waals surface area (Å²) >= 11 is 0. The molecule has 0 saturated heterocycles. The van der Waals surface area contributed by atoms with Gasteiger partial charge in [-0.3, -0.25) is 4.79 Å². The average Bonchev–Trinajstić information content (AvgIpc) is 2.33. The maximum atomic E-state index is 13.2. The predicted molar refractivity (Wildman–Crippen MR) is 67.1 cm³/mol. The number of rotatable bonds is 6. The highest BCUT2D eigenvalue weighted by Gasteiger charge is 2.09. The van der Waals surface area contributed by atoms with E-state index >= 15 is 0 Å². The van der Waals surface area contributed by atoms with Crippen molar-refractivity contribution in [3.05, 3.63) is 30.1 Å². The first-order valence-corrected chi connectivity index (χ1v) is 5.91. The minimum atomic E-state index is -0.410. The van der Waals surface area contributed by atoms with Gasteiger partial charge in [-0.25, -0.2) is 4.39 Å². The summed E-state index contributed by atoms with van der Waals surface area (Å²) in [5, 5.41) is 2.56. The molecule has 0 aliphatic rings. The molecule has 1 aromatic rings. The largest absolute Gasteiger partial charge is 0.330 e. The van der Waals surface area contributed by atoms with E-state index in [0.29, 0.717) is 18.9 Å². The monoisotopic (exact) mass is 238 g/mol. The van der Waals surface area contributed by atoms with Crippen LogP contribution in [0, 0.1) is 11.7 Å². The standard InChI is InChI=1S/C13H19FN2O/c1-2-10(9-15)7-8-13(17)16-12-6-4-3-5-11(12)14/h3-6,10H,2,7-9,15H2,1H3,(H,16,17). The van der Waals surface area contributed by atoms with Crippen LogP contribution in [0.4, 0.5) is 10.1 Å². The van der Waals surface area contributed by atoms with Crippen LogP contribution in [0.3, 0.4) is 0 Å². The molecule has 1 atom stereocenters. The first-order chi connectivity index (χ1) is 8.17. The Hall–Kier alpha value is -1.42. The van der Waals surface area contributed by atoms with Crippen molar-refractivity contribution in [1.82, 2.24) is 0 Å². The summed E-state index contributed by atoms with van der Waals surface area (Å²) in [7, 11) is 0. The summed E-state index contributed by atoms with van der Waals surface area (Å²) in [4.78, 5) is 11.6. The van der Waals surface area contributed by atoms with Crippen LogP contribution in [0.2, 0.25) is 0 Å². The van der Waals surface area contributed by atoms with E-state index < -0.39 is 5.82 Å². The summed E-state index contributed by atoms with van der Waals surface area (Å²) < 4.78 is 13.2. The second-order valence-corrected chi connectivity index (χ2v) is 4.08. The molecule has 0 bridgehead atoms. The molecule has 94 valence electrons. The molecule has 1 rings (SSSR count). The molecule has 0 spiro atoms. The number of hydrogen-bond donors (Lipinski definition) is 2. The van der Waals surface area contributed by atoms with Gasteiger partial charge in [-0.15, -0.1) is 0 Å². The highest BCUT2D eigenvalue weighted by molar-refractivity contribution is 5.90. The maximum absolute atomic E-state index is 13.2. The second-order valence-electron chi connectivity index (χ2n) is 4.08. The molecule has 1 unspecified atom stereocenters. The Kier molecular flexibility index (Phi) is 5.63. The molecule has 3 N–H and O–H groups in total. The minimum absolute atomic E-state index is 0.165. The molecule has 0 saturated carbocycles. The van der Waals surface area contributed by atoms with Gasteiger partial charge >= 0.3 is 0 Å². The number of para-hydroxylation sites is 1. The fourth-order valence-corrected chi connectivity index (χ4v) is 1.60. The van der Waals surface area contributed by atoms with Crippen LogP contribution in [0.5, 0.6) is 0 Å². The second kappa shape index (κ2) is 7.01. The van der Waals surface area contributed by atoms with E-state index in [1.807, 2.05) is 6.92 Å². The van der Waals surface area contributed by atoms with Crippen LogP contribution in [0.15, 0.2) is 24.3 Å². The molecule has 0 radical (unpaired) electrons. The van der Waals surface area contributed by atoms with Gasteiger partial charge in [-0.1, -0.05) is 25.5 Å². The van der Waals surface area contributed by atoms with Crippen molar-refractivity contribution in [1.29, 1.82) is 0 Å². The van der Waals surface area contributed by atoms with Gasteiger partial charge in [0.15, 0.2) is 0 Å². The fraction of sp³-hybridized carbons (Fsp3) is 0.462. The van der Waals surface area contributed by atoms with Gasteiger partial charge in [-0.2, -0.15) is 0 Å². The Morgan fingerprint density at radius 2 is 2.18 bits per heavy atom. The van der Waals surface area contributed by atoms with Crippen LogP contribution in [-0.4, -0.2) is 12.5 Å². The molecule has 4 heteroatoms. The summed E-state index contributed by atoms with van der Waals surface area (Å²) in [6, 6.07) is 6.15. The zero-order valence-electron chi connectivity index (χ0n) is 10.1. The van der Waals surface area contributed by atoms with Gasteiger partial charge in [0.05, 0.1) is 5.69 Å². The number of benzene rings is 1. The number of anilines is 1. The third kappa shape index (κ3) is 4.53. The number of amides is 1. The van der Waals surface area contributed by atoms with Crippen LogP contribution in [0.25, 0.3) is 0 Å². The number of carbonyl (C=O) groups excluding carboxylic acids is 1. The fourth-order valence-electron chi connectivity index (χ4n) is 1.60. The van der Waals surface area contributed by atoms with E-state index in [1.54, 1.807) is 18.2 Å². The molecule has 0 aromatic heterocycles. The molecule has 17 heavy (non-hydrogen) atoms. The molecule has 0 fully saturated rings. The zero-order valence-corrected chi connectivity index (χ0v) is 10.1. The van der Waals surface area contributed by atoms with Crippen molar-refractivity contribution < 1.29 is 9.18 Å². The molecule has 1 aromatic carbocycles. The zero-order chi connectivity index (χ0) is 12.7. The summed E-state index contributed by atoms with van der Waals surface area (Å²) in [6.45, 7) is 2.63. The van der Waals surface area contributed by atoms with E-state index in [-0.39, 0.29) is 11.6 Å². The Labute approximate surface area is 101 Å². The smallest absolute Gasteiger partial charge is 0.224 e. The third-order valence-electron chi connectivity index (χ3n) is 2.84. The van der Waals surface area contributed by atoms with Crippen LogP contribution in [-0.2, 0) is 4.79 Å². The van der Waals surface area contributed by atoms with Crippen molar-refractivity contribution in [2.75, 3.05) is 11.9 Å². The number of nitrogens with two attached hydrogens (primary N) is 1. The quantitative estimate of drug-likeness (QED) is 0.800. The molecular formula is C13H19FN2O. The molecule has 3 nitrogen and oxygen atoms in total. The Morgan fingerprint density at radius 1 is 1.47 bits per heavy atom. The predicted octanol–water partition coefficient (Wildman–Crippen LogP) is 2.53. The molecule has 0 aliphatic carbocycles. The van der Waals surface area contributed by atoms with Crippen molar-refractivity contribution >= 4 is 11.6 Å². The molecular weight excluding hydrogens is 219 g/mol. The van der Waals surface area contributed by atoms with E-state index in [1.165, 1.54) is 6.07 Å². The lowest BCUT2D eigenvalue weighted by atomic mass is 10.0. The van der Waals surface area contributed by atoms with Gasteiger partial charge in [-0.05, 0) is 31.0 Å². The Bertz CT molecular complexity index is 364. The summed E-state index contributed by atoms with van der Waals surface area (Å²) in [5.74, 6) is -0.213. The summed E-state index contributed by atoms with van der Waals surface area (Å²) in [5.41, 5.74) is 5.79. The topological polar surface area (TPSA) is 55.1 Å². The Balaban J connectivity index is 2.42. The van der Waals surface area contributed by atoms with Crippen LogP contribution < -0.4 is 11.1 Å². The molecule has 0 heterocycles. The van der Waals surface area contributed by atoms with Gasteiger partial charge in [0.2, 0.25) is 5.91 Å². The van der Waals surface area contributed by atoms with Gasteiger partial charge in [0.1, 0.15) is 5.82 Å². The van der Waals surface area contributed by atoms with Crippen molar-refractivity contribution in [2.24, 2.45) is 11.7 Å². The van der Waals surface area contributed by atoms with E-state index in [4.69, 9.17) is 5.73 Å². The first-order valence-electron chi connectivity index (χ1n) is 5.91. The van der Waals surface area contributed by atoms with Crippen LogP contribution in [0.1, 0.15) is 26.2 Å². The van der Waals surface area contributed by atoms with Crippen molar-refractivity contribution in [2.45, 2.75) is 26.2 Å². The number of nitrogens with one attached hydrogen (secondary N) is 1. The lowest BCUT2D eigenvalue weighted by molar-refractivity contribution is -0.116. The molecule has 0 aliphatic heterocycles. The molecule has 1 amide bonds. The highest BCUT2D eigenvalue weighted by atomic mass is 19.1. The van der Waals surface area contributed by atoms with Gasteiger partial charge in [0, 0.05) is 6.42 Å². The van der Waals surface area contributed by atoms with E-state index in [9.17, 15) is 9.18 Å². The van der Waals surface area contributed by atoms with E-state index in [2.05, 4.69) is 5.32 Å². The van der Waals surface area contributed by atoms with Crippen molar-refractivity contribution in [3.8, 4) is 0 Å². The maximum Gasteiger partial charge on any atom is 0.224 e. The Morgan fingerprint density at radius 3 is 2.76 bits per heavy atom. The van der Waals surface area contributed by atoms with E-state index in [0.717, 1.165) is 12.8 Å². The van der Waals surface area contributed by atoms with Gasteiger partial charge in [0.25, 0.3) is 0 Å². The number of hydrogen-bond acceptors (Lipinski definition) is 2. The lowest BCUT2D eigenvalue weighted by Gasteiger charge is -2.11. The number of carbonyl (C=O) groups is 1. The lowest BCUT2D eigenvalue weighted by Crippen LogP contribution is -2.18. The normalized spacial score (nSPS) is 12.2. The SMILES string of the molecule is CCC(CN)CCC(=O)Nc1ccccc1F.